The number of nitrogens with one attached hydrogen (secondary N) is 1. The van der Waals surface area contributed by atoms with Gasteiger partial charge in [-0.1, -0.05) is 18.2 Å². The summed E-state index contributed by atoms with van der Waals surface area (Å²) in [6.07, 6.45) is 1.73. The van der Waals surface area contributed by atoms with E-state index in [1.54, 1.807) is 24.4 Å². The van der Waals surface area contributed by atoms with Crippen LogP contribution in [0.25, 0.3) is 0 Å². The van der Waals surface area contributed by atoms with Crippen LogP contribution in [0.15, 0.2) is 47.5 Å². The molecule has 0 bridgehead atoms. The van der Waals surface area contributed by atoms with Crippen LogP contribution in [0.1, 0.15) is 11.3 Å². The molecule has 0 aliphatic carbocycles. The molecule has 0 atom stereocenters. The number of hydrogen-bond acceptors (Lipinski definition) is 3. The third-order valence-electron chi connectivity index (χ3n) is 2.55. The van der Waals surface area contributed by atoms with Crippen LogP contribution in [0, 0.1) is 6.92 Å². The zero-order valence-electron chi connectivity index (χ0n) is 10.7. The Balaban J connectivity index is 2.07. The van der Waals surface area contributed by atoms with Gasteiger partial charge in [-0.15, -0.1) is 0 Å². The molecular weight excluding hydrogens is 285 g/mol. The van der Waals surface area contributed by atoms with E-state index in [2.05, 4.69) is 10.3 Å². The Kier molecular flexibility index (Phi) is 4.54. The van der Waals surface area contributed by atoms with Crippen LogP contribution in [0.3, 0.4) is 0 Å². The van der Waals surface area contributed by atoms with Gasteiger partial charge in [0.1, 0.15) is 0 Å². The Bertz CT molecular complexity index is 567. The maximum Gasteiger partial charge on any atom is 0.446 e. The molecule has 1 N–H and O–H groups in total. The maximum absolute atomic E-state index is 12.5. The van der Waals surface area contributed by atoms with Crippen molar-refractivity contribution in [2.24, 2.45) is 0 Å². The molecule has 0 unspecified atom stereocenters. The summed E-state index contributed by atoms with van der Waals surface area (Å²) < 4.78 is 37.4. The van der Waals surface area contributed by atoms with E-state index < -0.39 is 5.51 Å². The first-order valence-corrected chi connectivity index (χ1v) is 6.76. The summed E-state index contributed by atoms with van der Waals surface area (Å²) in [5.74, 6) is 0. The molecule has 0 amide bonds. The predicted molar refractivity (Wildman–Crippen MR) is 74.7 cm³/mol. The predicted octanol–water partition coefficient (Wildman–Crippen LogP) is 4.61. The molecule has 0 spiro atoms. The molecule has 2 aromatic rings. The van der Waals surface area contributed by atoms with E-state index in [1.165, 1.54) is 6.07 Å². The van der Waals surface area contributed by atoms with E-state index in [-0.39, 0.29) is 16.7 Å². The fourth-order valence-electron chi connectivity index (χ4n) is 1.62. The molecule has 0 aliphatic rings. The van der Waals surface area contributed by atoms with E-state index in [1.807, 2.05) is 19.1 Å². The second-order valence-corrected chi connectivity index (χ2v) is 5.33. The Hall–Kier alpha value is -1.69. The minimum absolute atomic E-state index is 0.118. The molecule has 0 saturated heterocycles. The number of aromatic nitrogens is 1. The van der Waals surface area contributed by atoms with Gasteiger partial charge >= 0.3 is 5.51 Å². The van der Waals surface area contributed by atoms with Crippen LogP contribution in [0.2, 0.25) is 0 Å². The van der Waals surface area contributed by atoms with Crippen molar-refractivity contribution < 1.29 is 13.2 Å². The van der Waals surface area contributed by atoms with Crippen LogP contribution < -0.4 is 5.32 Å². The Morgan fingerprint density at radius 2 is 1.90 bits per heavy atom. The molecule has 0 aliphatic heterocycles. The lowest BCUT2D eigenvalue weighted by molar-refractivity contribution is -0.0327. The number of hydrogen-bond donors (Lipinski definition) is 1. The molecular formula is C14H13F3N2S. The maximum atomic E-state index is 12.5. The highest BCUT2D eigenvalue weighted by atomic mass is 32.2. The number of thioether (sulfide) groups is 1. The van der Waals surface area contributed by atoms with E-state index in [4.69, 9.17) is 0 Å². The van der Waals surface area contributed by atoms with Crippen molar-refractivity contribution in [2.75, 3.05) is 5.32 Å². The summed E-state index contributed by atoms with van der Waals surface area (Å²) in [6, 6.07) is 10.1. The zero-order valence-corrected chi connectivity index (χ0v) is 11.6. The quantitative estimate of drug-likeness (QED) is 0.834. The fourth-order valence-corrected chi connectivity index (χ4v) is 2.26. The van der Waals surface area contributed by atoms with Crippen molar-refractivity contribution in [1.29, 1.82) is 0 Å². The molecule has 1 heterocycles. The molecule has 1 aromatic carbocycles. The number of anilines is 1. The van der Waals surface area contributed by atoms with Crippen molar-refractivity contribution in [1.82, 2.24) is 4.98 Å². The first kappa shape index (κ1) is 14.7. The average molecular weight is 298 g/mol. The van der Waals surface area contributed by atoms with Crippen molar-refractivity contribution in [3.8, 4) is 0 Å². The number of alkyl halides is 3. The number of aryl methyl sites for hydroxylation is 1. The molecule has 1 aromatic heterocycles. The van der Waals surface area contributed by atoms with Crippen molar-refractivity contribution in [3.63, 3.8) is 0 Å². The lowest BCUT2D eigenvalue weighted by Gasteiger charge is -2.12. The lowest BCUT2D eigenvalue weighted by atomic mass is 10.2. The standard InChI is InChI=1S/C14H13F3N2S/c1-10-6-7-11(18-8-10)9-19-12-4-2-3-5-13(12)20-14(15,16)17/h2-8,19H,9H2,1H3. The van der Waals surface area contributed by atoms with Crippen molar-refractivity contribution in [3.05, 3.63) is 53.9 Å². The van der Waals surface area contributed by atoms with Gasteiger partial charge in [-0.3, -0.25) is 4.98 Å². The Morgan fingerprint density at radius 1 is 1.15 bits per heavy atom. The summed E-state index contributed by atoms with van der Waals surface area (Å²) in [7, 11) is 0. The molecule has 0 fully saturated rings. The van der Waals surface area contributed by atoms with Crippen LogP contribution in [0.4, 0.5) is 18.9 Å². The van der Waals surface area contributed by atoms with Crippen LogP contribution in [-0.2, 0) is 6.54 Å². The summed E-state index contributed by atoms with van der Waals surface area (Å²) >= 11 is -0.118. The number of rotatable bonds is 4. The fraction of sp³-hybridized carbons (Fsp3) is 0.214. The number of nitrogens with zero attached hydrogens (tertiary/aromatic N) is 1. The highest BCUT2D eigenvalue weighted by Gasteiger charge is 2.30. The minimum Gasteiger partial charge on any atom is -0.378 e. The number of para-hydroxylation sites is 1. The lowest BCUT2D eigenvalue weighted by Crippen LogP contribution is -2.05. The highest BCUT2D eigenvalue weighted by molar-refractivity contribution is 8.00. The first-order valence-electron chi connectivity index (χ1n) is 5.94. The van der Waals surface area contributed by atoms with Gasteiger partial charge in [-0.2, -0.15) is 13.2 Å². The Morgan fingerprint density at radius 3 is 2.55 bits per heavy atom. The van der Waals surface area contributed by atoms with Gasteiger partial charge < -0.3 is 5.32 Å². The second-order valence-electron chi connectivity index (χ2n) is 4.22. The second kappa shape index (κ2) is 6.17. The van der Waals surface area contributed by atoms with Crippen molar-refractivity contribution >= 4 is 17.4 Å². The molecule has 0 saturated carbocycles. The molecule has 106 valence electrons. The van der Waals surface area contributed by atoms with Gasteiger partial charge in [0.05, 0.1) is 12.2 Å². The largest absolute Gasteiger partial charge is 0.446 e. The van der Waals surface area contributed by atoms with Gasteiger partial charge in [-0.05, 0) is 42.4 Å². The van der Waals surface area contributed by atoms with Gasteiger partial charge in [0.25, 0.3) is 0 Å². The topological polar surface area (TPSA) is 24.9 Å². The SMILES string of the molecule is Cc1ccc(CNc2ccccc2SC(F)(F)F)nc1. The van der Waals surface area contributed by atoms with Gasteiger partial charge in [-0.25, -0.2) is 0 Å². The molecule has 6 heteroatoms. The third kappa shape index (κ3) is 4.45. The smallest absolute Gasteiger partial charge is 0.378 e. The number of pyridine rings is 1. The minimum atomic E-state index is -4.29. The van der Waals surface area contributed by atoms with E-state index >= 15 is 0 Å². The van der Waals surface area contributed by atoms with Crippen LogP contribution in [0.5, 0.6) is 0 Å². The zero-order chi connectivity index (χ0) is 14.6. The van der Waals surface area contributed by atoms with E-state index in [0.29, 0.717) is 12.2 Å². The molecule has 2 rings (SSSR count). The third-order valence-corrected chi connectivity index (χ3v) is 3.35. The van der Waals surface area contributed by atoms with E-state index in [0.717, 1.165) is 11.3 Å². The molecule has 2 nitrogen and oxygen atoms in total. The monoisotopic (exact) mass is 298 g/mol. The summed E-state index contributed by atoms with van der Waals surface area (Å²) in [6.45, 7) is 2.31. The van der Waals surface area contributed by atoms with E-state index in [9.17, 15) is 13.2 Å². The molecule has 20 heavy (non-hydrogen) atoms. The normalized spacial score (nSPS) is 11.4. The van der Waals surface area contributed by atoms with Gasteiger partial charge in [0.2, 0.25) is 0 Å². The number of halogens is 3. The van der Waals surface area contributed by atoms with Gasteiger partial charge in [0.15, 0.2) is 0 Å². The van der Waals surface area contributed by atoms with Crippen molar-refractivity contribution in [2.45, 2.75) is 23.9 Å². The number of benzene rings is 1. The summed E-state index contributed by atoms with van der Waals surface area (Å²) in [5, 5.41) is 2.99. The van der Waals surface area contributed by atoms with Gasteiger partial charge in [0, 0.05) is 16.8 Å². The highest BCUT2D eigenvalue weighted by Crippen LogP contribution is 2.40. The van der Waals surface area contributed by atoms with Crippen LogP contribution >= 0.6 is 11.8 Å². The summed E-state index contributed by atoms with van der Waals surface area (Å²) in [5.41, 5.74) is -2.01. The molecule has 0 radical (unpaired) electrons. The van der Waals surface area contributed by atoms with Crippen LogP contribution in [-0.4, -0.2) is 10.5 Å². The summed E-state index contributed by atoms with van der Waals surface area (Å²) in [4.78, 5) is 4.37. The average Bonchev–Trinajstić information content (AvgIpc) is 2.38. The Labute approximate surface area is 119 Å². The first-order chi connectivity index (χ1) is 9.44.